The number of aromatic nitrogens is 6. The summed E-state index contributed by atoms with van der Waals surface area (Å²) in [6, 6.07) is 25.6. The Morgan fingerprint density at radius 2 is 1.21 bits per heavy atom. The molecule has 2 atom stereocenters. The van der Waals surface area contributed by atoms with E-state index in [-0.39, 0.29) is 202 Å². The van der Waals surface area contributed by atoms with Crippen molar-refractivity contribution in [1.82, 2.24) is 34.7 Å². The number of rotatable bonds is 14. The predicted octanol–water partition coefficient (Wildman–Crippen LogP) is 17.3. The van der Waals surface area contributed by atoms with Crippen molar-refractivity contribution in [3.63, 3.8) is 0 Å². The van der Waals surface area contributed by atoms with Gasteiger partial charge in [-0.15, -0.1) is 91.8 Å². The summed E-state index contributed by atoms with van der Waals surface area (Å²) < 4.78 is 70.0. The molecule has 0 aliphatic carbocycles. The Kier molecular flexibility index (Phi) is 56.6. The van der Waals surface area contributed by atoms with E-state index in [0.29, 0.717) is 44.9 Å². The number of nitrogens with two attached hydrogens (primary N) is 1. The van der Waals surface area contributed by atoms with Crippen molar-refractivity contribution in [3.05, 3.63) is 196 Å². The molecule has 0 radical (unpaired) electrons. The first-order valence-electron chi connectivity index (χ1n) is 38.6. The quantitative estimate of drug-likeness (QED) is 0.0105. The van der Waals surface area contributed by atoms with Crippen LogP contribution < -0.4 is 119 Å². The summed E-state index contributed by atoms with van der Waals surface area (Å²) in [5.41, 5.74) is 10.5. The van der Waals surface area contributed by atoms with Crippen LogP contribution in [0.4, 0.5) is 19.0 Å². The number of thiophene rings is 7. The monoisotopic (exact) mass is 2430 g/mol. The molecule has 0 saturated carbocycles. The molecule has 1 amide bonds. The normalized spacial score (nSPS) is 12.7. The molecule has 4 N–H and O–H groups in total. The topological polar surface area (TPSA) is 337 Å². The van der Waals surface area contributed by atoms with Gasteiger partial charge in [0.25, 0.3) is 12.4 Å². The molecule has 2 aromatic carbocycles. The van der Waals surface area contributed by atoms with E-state index in [4.69, 9.17) is 54.6 Å². The number of aliphatic imine (C=N–C) groups is 2. The van der Waals surface area contributed by atoms with Crippen molar-refractivity contribution in [2.75, 3.05) is 19.1 Å². The number of ether oxygens (including phenoxy) is 3. The zero-order valence-electron chi connectivity index (χ0n) is 76.9. The van der Waals surface area contributed by atoms with Crippen molar-refractivity contribution in [3.8, 4) is 11.1 Å². The van der Waals surface area contributed by atoms with Crippen LogP contribution in [0, 0.1) is 64.6 Å². The van der Waals surface area contributed by atoms with Gasteiger partial charge < -0.3 is 46.8 Å². The predicted molar refractivity (Wildman–Crippen MR) is 542 cm³/mol. The Morgan fingerprint density at radius 1 is 0.708 bits per heavy atom. The fourth-order valence-electron chi connectivity index (χ4n) is 11.3. The minimum absolute atomic E-state index is 0. The van der Waals surface area contributed by atoms with Crippen LogP contribution in [0.2, 0.25) is 5.02 Å². The molecule has 696 valence electrons. The number of aryl methyl sites for hydroxylation is 7. The molecule has 0 spiro atoms. The summed E-state index contributed by atoms with van der Waals surface area (Å²) in [6.45, 7) is 39.7. The number of nitrogens with one attached hydrogen (secondary N) is 1. The summed E-state index contributed by atoms with van der Waals surface area (Å²) in [5.74, 6) is -2.78. The zero-order chi connectivity index (χ0) is 96.4. The molecule has 10 aromatic heterocycles. The summed E-state index contributed by atoms with van der Waals surface area (Å²) >= 11 is 31.7. The third kappa shape index (κ3) is 41.9. The molecule has 130 heavy (non-hydrogen) atoms. The van der Waals surface area contributed by atoms with Crippen LogP contribution in [0.25, 0.3) is 46.6 Å². The number of alkyl halides is 3. The van der Waals surface area contributed by atoms with E-state index in [1.54, 1.807) is 80.6 Å². The third-order valence-corrected chi connectivity index (χ3v) is 27.8. The van der Waals surface area contributed by atoms with Crippen LogP contribution >= 0.6 is 196 Å². The van der Waals surface area contributed by atoms with E-state index in [1.807, 2.05) is 124 Å². The number of carboxylic acid groups (broad SMARTS) is 1. The molecule has 25 nitrogen and oxygen atoms in total. The van der Waals surface area contributed by atoms with Gasteiger partial charge in [-0.25, -0.2) is 13.6 Å². The molecule has 0 bridgehead atoms. The Bertz CT molecular complexity index is 5850. The number of primary amides is 1. The van der Waals surface area contributed by atoms with E-state index < -0.39 is 41.1 Å². The van der Waals surface area contributed by atoms with Crippen LogP contribution in [0.1, 0.15) is 160 Å². The Morgan fingerprint density at radius 3 is 1.65 bits per heavy atom. The summed E-state index contributed by atoms with van der Waals surface area (Å²) in [7, 11) is 1.75. The SMILES string of the molecule is CC(C)(C)OC(=O)CBr.CF.Cc1cc(Br)c(C=O)s1.Cc1cc(Br)cs1.Cc1cc2c(s1)C(I)=NC2.Cc1cc2c(s1)C=NC2.Cc1cc2c(s1)c(C(N)=O)nn2CC(=O)O.Cc1cc2c(s1)c(I)nn2CC(=O)OC(C)(C)C.Cl.O=C(Cc1cccc(-c2ccccc2Cl)c1F)[C@@H]1C[C@@H](F)CN1.O=CO[O-].[2H]C.[C-]#[N+]c1nn(CC(=O)OC(C)(C)C)c2cc(C)sc12.[H-].[K+].[K+]. The van der Waals surface area contributed by atoms with Crippen LogP contribution in [0.3, 0.4) is 0 Å². The number of amides is 1. The number of fused-ring (bicyclic) bond motifs is 5. The summed E-state index contributed by atoms with van der Waals surface area (Å²) in [5, 5.41) is 35.2. The van der Waals surface area contributed by atoms with Crippen molar-refractivity contribution in [2.45, 2.75) is 193 Å². The van der Waals surface area contributed by atoms with Gasteiger partial charge in [-0.1, -0.05) is 77.9 Å². The number of nitrogens with zero attached hydrogens (tertiary/aromatic N) is 9. The number of carboxylic acids is 1. The number of carbonyl (C=O) groups excluding carboxylic acids is 7. The average molecular weight is 2440 g/mol. The molecule has 1 fully saturated rings. The second-order valence-electron chi connectivity index (χ2n) is 29.9. The van der Waals surface area contributed by atoms with Crippen LogP contribution in [-0.4, -0.2) is 141 Å². The standard InChI is InChI=1S/C18H16ClF2NO.C13H15N3O2S.C12H15IN2O2S.C9H9N3O3S.C7H6INS.C7H7NS.C6H11BrO2.C6H5BrOS.C5H5BrS.CH3F.CH2O3.CH4.ClH.2K.H/c19-15-7-2-1-5-13(15)14-6-3-4-11(18(14)21)8-17(23)16-9-12(20)10-22-16;1-8-6-9-11(19-8)12(14-5)15-16(9)7-10(17)18-13(2,3)4;1-7-5-8-10(18-7)11(13)14-15(8)6-9(16)17-12(2,3)4;1-4-2-5-8(16-4)7(9(10)15)11-12(5)3-6(13)14;1-4-2-5-3-9-7(8)6(5)10-4;1-5-2-6-3-8-4-7(6)9-5;1-6(2,3)9-5(8)4-7;1-4-2-5(7)6(3-8)9-4;1-4-2-5(6)3-7-4;1-2;2-1-4-3;;;;;/h1-7,12,16,22H,8-10H2;6H,7H2,1-4H3;5H,6H2,1-4H3;2H,3H2,1H3,(H2,10,15)(H,13,14);2H,3H2,1H3;2,4H,3H2,1H3;4H2,1-3H3;2-3H,1H3;2-3H,1H3;1H3;1,3H;1H4;1H;;;/q;;;;;;;;;;;;;2*+1;-1/p-1/t12-,16+;;;;;;;;;;;;;;;/m1.............../s1/i;;;;;;;;;;;1D;;;;. The van der Waals surface area contributed by atoms with Crippen molar-refractivity contribution < 1.29 is 187 Å². The van der Waals surface area contributed by atoms with Crippen molar-refractivity contribution in [1.29, 1.82) is 0 Å². The number of hydrogen-bond acceptors (Lipinski definition) is 26. The number of aliphatic carboxylic acids is 1. The van der Waals surface area contributed by atoms with Crippen molar-refractivity contribution in [2.24, 2.45) is 15.7 Å². The number of ketones is 1. The van der Waals surface area contributed by atoms with Gasteiger partial charge in [-0.3, -0.25) is 57.3 Å². The van der Waals surface area contributed by atoms with E-state index >= 15 is 0 Å². The van der Waals surface area contributed by atoms with Crippen molar-refractivity contribution >= 4 is 291 Å². The minimum Gasteiger partial charge on any atom is -1.00 e. The summed E-state index contributed by atoms with van der Waals surface area (Å²) in [4.78, 5) is 114. The molecular weight excluding hydrogens is 2340 g/mol. The molecule has 13 heterocycles. The van der Waals surface area contributed by atoms with Gasteiger partial charge in [0.1, 0.15) is 54.6 Å². The van der Waals surface area contributed by atoms with Crippen LogP contribution in [0.5, 0.6) is 0 Å². The average Bonchev–Trinajstić information content (AvgIpc) is 1.64. The van der Waals surface area contributed by atoms with Gasteiger partial charge in [0.15, 0.2) is 24.3 Å². The first-order valence-corrected chi connectivity index (χ1v) is 48.7. The largest absolute Gasteiger partial charge is 1.00 e. The minimum atomic E-state index is -1.01. The Balaban J connectivity index is 0.00000147. The second kappa shape index (κ2) is 60.1. The molecule has 0 unspecified atom stereocenters. The Labute approximate surface area is 933 Å². The van der Waals surface area contributed by atoms with Gasteiger partial charge in [-0.05, 0) is 258 Å². The van der Waals surface area contributed by atoms with Gasteiger partial charge >= 0.3 is 132 Å². The number of esters is 3. The van der Waals surface area contributed by atoms with E-state index in [2.05, 4.69) is 191 Å². The molecule has 3 aliphatic rings. The second-order valence-corrected chi connectivity index (χ2v) is 43.4. The number of carbonyl (C=O) groups is 8. The molecule has 12 aromatic rings. The first-order chi connectivity index (χ1) is 60.1. The smallest absolute Gasteiger partial charge is 1.00 e. The number of aldehydes is 1. The Hall–Kier alpha value is -3.80. The van der Waals surface area contributed by atoms with Gasteiger partial charge in [0, 0.05) is 91.6 Å². The molecular formula is C86H99Br3Cl2F3I2K2N11O14S7. The fraction of sp³-hybridized carbons (Fsp3) is 0.372. The molecule has 15 rings (SSSR count). The zero-order valence-corrected chi connectivity index (χ0v) is 97.5. The maximum absolute atomic E-state index is 14.8. The van der Waals surface area contributed by atoms with Crippen LogP contribution in [0.15, 0.2) is 109 Å². The molecule has 1 saturated heterocycles. The number of benzene rings is 2. The maximum Gasteiger partial charge on any atom is 1.00 e. The maximum atomic E-state index is 14.8. The van der Waals surface area contributed by atoms with E-state index in [9.17, 15) is 46.7 Å². The van der Waals surface area contributed by atoms with Gasteiger partial charge in [0.2, 0.25) is 0 Å². The first kappa shape index (κ1) is 122. The van der Waals surface area contributed by atoms with E-state index in [0.717, 1.165) is 67.5 Å². The number of halogens is 10. The third-order valence-electron chi connectivity index (χ3n) is 15.8. The van der Waals surface area contributed by atoms with Crippen LogP contribution in [-0.2, 0) is 87.0 Å². The van der Waals surface area contributed by atoms with E-state index in [1.165, 1.54) is 94.7 Å². The molecule has 3 aliphatic heterocycles. The summed E-state index contributed by atoms with van der Waals surface area (Å²) in [6.07, 6.45) is 1.91. The fourth-order valence-corrected chi connectivity index (χ4v) is 20.9. The molecule has 44 heteroatoms. The number of hydrogen-bond donors (Lipinski definition) is 3. The van der Waals surface area contributed by atoms with Gasteiger partial charge in [0.05, 0.1) is 71.6 Å². The number of Topliss-reactive ketones (excluding diaryl/α,β-unsaturated/α-hetero) is 1. The van der Waals surface area contributed by atoms with Gasteiger partial charge in [-0.2, -0.15) is 14.9 Å².